The van der Waals surface area contributed by atoms with Gasteiger partial charge in [-0.3, -0.25) is 9.69 Å². The second kappa shape index (κ2) is 9.65. The zero-order valence-electron chi connectivity index (χ0n) is 18.0. The van der Waals surface area contributed by atoms with E-state index in [4.69, 9.17) is 4.74 Å². The van der Waals surface area contributed by atoms with Gasteiger partial charge in [-0.05, 0) is 29.8 Å². The van der Waals surface area contributed by atoms with Crippen molar-refractivity contribution in [3.8, 4) is 5.75 Å². The molecular formula is C23H32N4O2. The molecule has 1 fully saturated rings. The summed E-state index contributed by atoms with van der Waals surface area (Å²) in [5.74, 6) is 1.06. The molecule has 29 heavy (non-hydrogen) atoms. The lowest BCUT2D eigenvalue weighted by Gasteiger charge is -2.36. The van der Waals surface area contributed by atoms with E-state index in [1.54, 1.807) is 7.11 Å². The van der Waals surface area contributed by atoms with Crippen molar-refractivity contribution in [1.29, 1.82) is 0 Å². The minimum Gasteiger partial charge on any atom is -0.495 e. The van der Waals surface area contributed by atoms with Gasteiger partial charge in [0.2, 0.25) is 5.91 Å². The number of carbonyl (C=O) groups is 1. The number of amides is 1. The summed E-state index contributed by atoms with van der Waals surface area (Å²) in [7, 11) is 7.64. The maximum Gasteiger partial charge on any atom is 0.236 e. The van der Waals surface area contributed by atoms with E-state index in [2.05, 4.69) is 45.0 Å². The molecule has 2 aromatic rings. The van der Waals surface area contributed by atoms with Crippen LogP contribution in [0.25, 0.3) is 0 Å². The molecule has 156 valence electrons. The van der Waals surface area contributed by atoms with Gasteiger partial charge in [-0.25, -0.2) is 0 Å². The number of ether oxygens (including phenoxy) is 1. The van der Waals surface area contributed by atoms with Gasteiger partial charge in [0.05, 0.1) is 19.3 Å². The molecule has 2 aromatic carbocycles. The molecule has 3 rings (SSSR count). The van der Waals surface area contributed by atoms with Gasteiger partial charge in [-0.15, -0.1) is 0 Å². The fraction of sp³-hybridized carbons (Fsp3) is 0.435. The Morgan fingerprint density at radius 1 is 0.966 bits per heavy atom. The highest BCUT2D eigenvalue weighted by atomic mass is 16.5. The summed E-state index contributed by atoms with van der Waals surface area (Å²) in [6.45, 7) is 4.62. The predicted molar refractivity (Wildman–Crippen MR) is 119 cm³/mol. The maximum absolute atomic E-state index is 12.7. The molecule has 0 bridgehead atoms. The molecule has 0 saturated carbocycles. The van der Waals surface area contributed by atoms with Gasteiger partial charge in [0.25, 0.3) is 0 Å². The Balaban J connectivity index is 1.48. The fourth-order valence-electron chi connectivity index (χ4n) is 3.61. The predicted octanol–water partition coefficient (Wildman–Crippen LogP) is 2.54. The Bertz CT molecular complexity index is 799. The van der Waals surface area contributed by atoms with Crippen LogP contribution in [-0.4, -0.2) is 76.7 Å². The number of hydrogen-bond donors (Lipinski definition) is 0. The quantitative estimate of drug-likeness (QED) is 0.719. The first-order valence-electron chi connectivity index (χ1n) is 10.1. The van der Waals surface area contributed by atoms with Crippen LogP contribution >= 0.6 is 0 Å². The maximum atomic E-state index is 12.7. The van der Waals surface area contributed by atoms with Crippen LogP contribution < -0.4 is 14.5 Å². The lowest BCUT2D eigenvalue weighted by Crippen LogP contribution is -2.49. The van der Waals surface area contributed by atoms with Gasteiger partial charge in [0.1, 0.15) is 5.75 Å². The van der Waals surface area contributed by atoms with Crippen molar-refractivity contribution in [2.75, 3.05) is 70.8 Å². The Morgan fingerprint density at radius 3 is 2.24 bits per heavy atom. The molecule has 1 heterocycles. The van der Waals surface area contributed by atoms with Crippen molar-refractivity contribution in [3.05, 3.63) is 54.1 Å². The number of nitrogens with zero attached hydrogens (tertiary/aromatic N) is 4. The minimum absolute atomic E-state index is 0.160. The number of hydrogen-bond acceptors (Lipinski definition) is 5. The monoisotopic (exact) mass is 396 g/mol. The van der Waals surface area contributed by atoms with Crippen molar-refractivity contribution in [2.45, 2.75) is 6.54 Å². The third kappa shape index (κ3) is 5.41. The number of anilines is 2. The lowest BCUT2D eigenvalue weighted by molar-refractivity contribution is -0.131. The first-order chi connectivity index (χ1) is 14.0. The molecule has 0 radical (unpaired) electrons. The molecule has 0 aromatic heterocycles. The molecule has 1 saturated heterocycles. The van der Waals surface area contributed by atoms with Crippen molar-refractivity contribution in [3.63, 3.8) is 0 Å². The second-order valence-electron chi connectivity index (χ2n) is 7.75. The summed E-state index contributed by atoms with van der Waals surface area (Å²) in [4.78, 5) is 21.1. The highest BCUT2D eigenvalue weighted by Crippen LogP contribution is 2.28. The minimum atomic E-state index is 0.160. The van der Waals surface area contributed by atoms with Crippen molar-refractivity contribution in [2.24, 2.45) is 0 Å². The van der Waals surface area contributed by atoms with E-state index < -0.39 is 0 Å². The molecule has 0 aliphatic carbocycles. The smallest absolute Gasteiger partial charge is 0.236 e. The van der Waals surface area contributed by atoms with Crippen LogP contribution in [0, 0.1) is 0 Å². The topological polar surface area (TPSA) is 39.3 Å². The van der Waals surface area contributed by atoms with E-state index in [1.165, 1.54) is 0 Å². The summed E-state index contributed by atoms with van der Waals surface area (Å²) < 4.78 is 5.48. The number of carbonyl (C=O) groups excluding carboxylic acids is 1. The van der Waals surface area contributed by atoms with Gasteiger partial charge in [0.15, 0.2) is 0 Å². The molecule has 1 aliphatic rings. The molecule has 1 aliphatic heterocycles. The van der Waals surface area contributed by atoms with E-state index in [0.717, 1.165) is 48.9 Å². The Kier molecular flexibility index (Phi) is 6.99. The van der Waals surface area contributed by atoms with E-state index in [1.807, 2.05) is 44.2 Å². The average molecular weight is 397 g/mol. The molecular weight excluding hydrogens is 364 g/mol. The number of benzene rings is 2. The van der Waals surface area contributed by atoms with Gasteiger partial charge in [0, 0.05) is 59.6 Å². The zero-order chi connectivity index (χ0) is 20.8. The molecule has 1 amide bonds. The van der Waals surface area contributed by atoms with Gasteiger partial charge in [-0.2, -0.15) is 0 Å². The van der Waals surface area contributed by atoms with E-state index in [-0.39, 0.29) is 5.91 Å². The third-order valence-corrected chi connectivity index (χ3v) is 5.46. The molecule has 0 N–H and O–H groups in total. The molecule has 6 nitrogen and oxygen atoms in total. The summed E-state index contributed by atoms with van der Waals surface area (Å²) in [5, 5.41) is 0. The molecule has 0 unspecified atom stereocenters. The number of likely N-dealkylation sites (N-methyl/N-ethyl adjacent to an activating group) is 1. The van der Waals surface area contributed by atoms with Gasteiger partial charge < -0.3 is 19.4 Å². The summed E-state index contributed by atoms with van der Waals surface area (Å²) >= 11 is 0. The average Bonchev–Trinajstić information content (AvgIpc) is 2.74. The van der Waals surface area contributed by atoms with Gasteiger partial charge >= 0.3 is 0 Å². The van der Waals surface area contributed by atoms with Crippen LogP contribution in [-0.2, 0) is 11.3 Å². The number of methoxy groups -OCH3 is 1. The SMILES string of the molecule is COc1ccccc1N1CCN(CC(=O)N(C)Cc2ccc(N(C)C)cc2)CC1. The molecule has 6 heteroatoms. The second-order valence-corrected chi connectivity index (χ2v) is 7.75. The van der Waals surface area contributed by atoms with Crippen LogP contribution in [0.2, 0.25) is 0 Å². The van der Waals surface area contributed by atoms with Gasteiger partial charge in [-0.1, -0.05) is 24.3 Å². The van der Waals surface area contributed by atoms with Crippen LogP contribution in [0.15, 0.2) is 48.5 Å². The Morgan fingerprint density at radius 2 is 1.62 bits per heavy atom. The highest BCUT2D eigenvalue weighted by Gasteiger charge is 2.22. The number of para-hydroxylation sites is 2. The molecule has 0 spiro atoms. The molecule has 0 atom stereocenters. The van der Waals surface area contributed by atoms with Crippen LogP contribution in [0.4, 0.5) is 11.4 Å². The largest absolute Gasteiger partial charge is 0.495 e. The Hall–Kier alpha value is -2.73. The van der Waals surface area contributed by atoms with Crippen molar-refractivity contribution < 1.29 is 9.53 Å². The van der Waals surface area contributed by atoms with Crippen LogP contribution in [0.5, 0.6) is 5.75 Å². The van der Waals surface area contributed by atoms with Crippen molar-refractivity contribution in [1.82, 2.24) is 9.80 Å². The third-order valence-electron chi connectivity index (χ3n) is 5.46. The lowest BCUT2D eigenvalue weighted by atomic mass is 10.2. The van der Waals surface area contributed by atoms with E-state index >= 15 is 0 Å². The first kappa shape index (κ1) is 21.0. The fourth-order valence-corrected chi connectivity index (χ4v) is 3.61. The summed E-state index contributed by atoms with van der Waals surface area (Å²) in [6.07, 6.45) is 0. The zero-order valence-corrected chi connectivity index (χ0v) is 18.0. The van der Waals surface area contributed by atoms with E-state index in [0.29, 0.717) is 13.1 Å². The normalized spacial score (nSPS) is 14.6. The van der Waals surface area contributed by atoms with E-state index in [9.17, 15) is 4.79 Å². The highest BCUT2D eigenvalue weighted by molar-refractivity contribution is 5.78. The summed E-state index contributed by atoms with van der Waals surface area (Å²) in [6, 6.07) is 16.5. The Labute approximate surface area is 174 Å². The standard InChI is InChI=1S/C23H32N4O2/c1-24(2)20-11-9-19(10-12-20)17-25(3)23(28)18-26-13-15-27(16-14-26)21-7-5-6-8-22(21)29-4/h5-12H,13-18H2,1-4H3. The number of rotatable bonds is 7. The van der Waals surface area contributed by atoms with Crippen molar-refractivity contribution >= 4 is 17.3 Å². The first-order valence-corrected chi connectivity index (χ1v) is 10.1. The van der Waals surface area contributed by atoms with Crippen LogP contribution in [0.1, 0.15) is 5.56 Å². The summed E-state index contributed by atoms with van der Waals surface area (Å²) in [5.41, 5.74) is 3.43. The van der Waals surface area contributed by atoms with Crippen LogP contribution in [0.3, 0.4) is 0 Å². The number of piperazine rings is 1.